The van der Waals surface area contributed by atoms with E-state index in [1.807, 2.05) is 36.4 Å². The fourth-order valence-corrected chi connectivity index (χ4v) is 5.81. The zero-order valence-electron chi connectivity index (χ0n) is 29.1. The number of nitrogens with two attached hydrogens (primary N) is 2. The number of carbonyl (C=O) groups is 2. The molecule has 254 valence electrons. The summed E-state index contributed by atoms with van der Waals surface area (Å²) >= 11 is 0. The normalized spacial score (nSPS) is 12.3. The first-order valence-electron chi connectivity index (χ1n) is 17.6. The number of rotatable bonds is 19. The molecule has 4 aromatic rings. The molecule has 0 radical (unpaired) electrons. The molecule has 4 aromatic carbocycles. The highest BCUT2D eigenvalue weighted by atomic mass is 16.5. The van der Waals surface area contributed by atoms with Crippen molar-refractivity contribution in [3.8, 4) is 22.6 Å². The monoisotopic (exact) mass is 648 g/mol. The van der Waals surface area contributed by atoms with Gasteiger partial charge in [0.25, 0.3) is 0 Å². The largest absolute Gasteiger partial charge is 0.493 e. The lowest BCUT2D eigenvalue weighted by Crippen LogP contribution is -2.11. The van der Waals surface area contributed by atoms with Crippen molar-refractivity contribution < 1.29 is 19.1 Å². The van der Waals surface area contributed by atoms with Crippen LogP contribution >= 0.6 is 0 Å². The van der Waals surface area contributed by atoms with E-state index in [1.165, 1.54) is 25.7 Å². The minimum absolute atomic E-state index is 0.181. The Hall–Kier alpha value is -4.58. The van der Waals surface area contributed by atoms with E-state index in [-0.39, 0.29) is 11.6 Å². The first-order chi connectivity index (χ1) is 23.3. The van der Waals surface area contributed by atoms with E-state index in [4.69, 9.17) is 20.9 Å². The molecule has 0 aliphatic heterocycles. The molecule has 0 amide bonds. The Morgan fingerprint density at radius 1 is 0.562 bits per heavy atom. The van der Waals surface area contributed by atoms with E-state index in [2.05, 4.69) is 27.7 Å². The molecule has 4 rings (SSSR count). The van der Waals surface area contributed by atoms with Gasteiger partial charge in [-0.05, 0) is 109 Å². The molecule has 0 spiro atoms. The quantitative estimate of drug-likeness (QED) is 0.0774. The van der Waals surface area contributed by atoms with Crippen LogP contribution < -0.4 is 20.9 Å². The topological polar surface area (TPSA) is 105 Å². The van der Waals surface area contributed by atoms with Crippen LogP contribution in [0.3, 0.4) is 0 Å². The second kappa shape index (κ2) is 18.1. The Bertz CT molecular complexity index is 1510. The SMILES string of the molecule is CCCCC(CC)COc1ccc(C(=O)c2cc(-c3ccc(N)c(C(=O)c4ccc(OCC(CC)CCCC)cc4)c3)ccc2N)cc1. The van der Waals surface area contributed by atoms with Crippen LogP contribution in [0.15, 0.2) is 84.9 Å². The van der Waals surface area contributed by atoms with Crippen LogP contribution in [0.5, 0.6) is 11.5 Å². The first kappa shape index (κ1) is 36.3. The summed E-state index contributed by atoms with van der Waals surface area (Å²) in [4.78, 5) is 27.2. The summed E-state index contributed by atoms with van der Waals surface area (Å²) in [6, 6.07) is 25.2. The molecule has 6 nitrogen and oxygen atoms in total. The summed E-state index contributed by atoms with van der Waals surface area (Å²) in [5.41, 5.74) is 16.7. The number of anilines is 2. The van der Waals surface area contributed by atoms with E-state index in [1.54, 1.807) is 48.5 Å². The van der Waals surface area contributed by atoms with E-state index in [0.717, 1.165) is 48.3 Å². The molecule has 0 aliphatic carbocycles. The van der Waals surface area contributed by atoms with Gasteiger partial charge in [0.2, 0.25) is 0 Å². The minimum Gasteiger partial charge on any atom is -0.493 e. The molecule has 6 heteroatoms. The van der Waals surface area contributed by atoms with E-state index < -0.39 is 0 Å². The van der Waals surface area contributed by atoms with Gasteiger partial charge in [-0.25, -0.2) is 0 Å². The molecule has 0 saturated heterocycles. The van der Waals surface area contributed by atoms with E-state index >= 15 is 0 Å². The van der Waals surface area contributed by atoms with Gasteiger partial charge >= 0.3 is 0 Å². The summed E-state index contributed by atoms with van der Waals surface area (Å²) in [5.74, 6) is 2.18. The van der Waals surface area contributed by atoms with Gasteiger partial charge in [-0.1, -0.05) is 78.4 Å². The first-order valence-corrected chi connectivity index (χ1v) is 17.6. The van der Waals surface area contributed by atoms with Crippen LogP contribution in [-0.4, -0.2) is 24.8 Å². The minimum atomic E-state index is -0.181. The molecule has 48 heavy (non-hydrogen) atoms. The van der Waals surface area contributed by atoms with Crippen molar-refractivity contribution in [2.24, 2.45) is 11.8 Å². The Kier molecular flexibility index (Phi) is 13.7. The van der Waals surface area contributed by atoms with Crippen molar-refractivity contribution in [2.45, 2.75) is 79.1 Å². The third-order valence-corrected chi connectivity index (χ3v) is 9.22. The maximum absolute atomic E-state index is 13.6. The van der Waals surface area contributed by atoms with Crippen LogP contribution in [0.1, 0.15) is 111 Å². The molecule has 0 saturated carbocycles. The van der Waals surface area contributed by atoms with Gasteiger partial charge in [0, 0.05) is 33.6 Å². The maximum atomic E-state index is 13.6. The Balaban J connectivity index is 1.47. The number of ether oxygens (including phenoxy) is 2. The van der Waals surface area contributed by atoms with Gasteiger partial charge in [-0.2, -0.15) is 0 Å². The highest BCUT2D eigenvalue weighted by Crippen LogP contribution is 2.30. The molecule has 0 bridgehead atoms. The summed E-state index contributed by atoms with van der Waals surface area (Å²) in [6.45, 7) is 10.1. The highest BCUT2D eigenvalue weighted by Gasteiger charge is 2.18. The summed E-state index contributed by atoms with van der Waals surface area (Å²) < 4.78 is 12.1. The van der Waals surface area contributed by atoms with Crippen molar-refractivity contribution in [2.75, 3.05) is 24.7 Å². The molecule has 0 aliphatic rings. The van der Waals surface area contributed by atoms with Crippen molar-refractivity contribution in [3.05, 3.63) is 107 Å². The predicted octanol–water partition coefficient (Wildman–Crippen LogP) is 10.2. The average molecular weight is 649 g/mol. The van der Waals surface area contributed by atoms with Gasteiger partial charge in [-0.3, -0.25) is 9.59 Å². The molecule has 0 fully saturated rings. The van der Waals surface area contributed by atoms with Gasteiger partial charge in [0.1, 0.15) is 11.5 Å². The van der Waals surface area contributed by atoms with Crippen LogP contribution in [0.2, 0.25) is 0 Å². The second-order valence-electron chi connectivity index (χ2n) is 12.8. The van der Waals surface area contributed by atoms with Crippen molar-refractivity contribution in [1.82, 2.24) is 0 Å². The van der Waals surface area contributed by atoms with Crippen molar-refractivity contribution in [3.63, 3.8) is 0 Å². The molecule has 0 heterocycles. The van der Waals surface area contributed by atoms with Crippen LogP contribution in [0.4, 0.5) is 11.4 Å². The van der Waals surface area contributed by atoms with Crippen LogP contribution in [0.25, 0.3) is 11.1 Å². The fraction of sp³-hybridized carbons (Fsp3) is 0.381. The number of unbranched alkanes of at least 4 members (excludes halogenated alkanes) is 2. The lowest BCUT2D eigenvalue weighted by molar-refractivity contribution is 0.103. The standard InChI is InChI=1S/C42H52N2O4/c1-5-9-11-29(7-3)27-47-35-19-13-31(14-20-35)41(45)37-25-33(17-23-39(37)43)34-18-24-40(44)38(26-34)42(46)32-15-21-36(22-16-32)48-28-30(8-4)12-10-6-2/h13-26,29-30H,5-12,27-28,43-44H2,1-4H3. The smallest absolute Gasteiger partial charge is 0.195 e. The Labute approximate surface area is 286 Å². The van der Waals surface area contributed by atoms with E-state index in [9.17, 15) is 9.59 Å². The third kappa shape index (κ3) is 9.72. The number of carbonyl (C=O) groups excluding carboxylic acids is 2. The third-order valence-electron chi connectivity index (χ3n) is 9.22. The number of nitrogen functional groups attached to an aromatic ring is 2. The number of ketones is 2. The fourth-order valence-electron chi connectivity index (χ4n) is 5.81. The number of hydrogen-bond acceptors (Lipinski definition) is 6. The number of hydrogen-bond donors (Lipinski definition) is 2. The van der Waals surface area contributed by atoms with Crippen molar-refractivity contribution >= 4 is 22.9 Å². The molecule has 2 atom stereocenters. The molecule has 4 N–H and O–H groups in total. The maximum Gasteiger partial charge on any atom is 0.195 e. The lowest BCUT2D eigenvalue weighted by atomic mass is 9.94. The molecular formula is C42H52N2O4. The summed E-state index contributed by atoms with van der Waals surface area (Å²) in [6.07, 6.45) is 9.24. The lowest BCUT2D eigenvalue weighted by Gasteiger charge is -2.16. The molecular weight excluding hydrogens is 596 g/mol. The van der Waals surface area contributed by atoms with Crippen molar-refractivity contribution in [1.29, 1.82) is 0 Å². The second-order valence-corrected chi connectivity index (χ2v) is 12.8. The summed E-state index contributed by atoms with van der Waals surface area (Å²) in [7, 11) is 0. The van der Waals surface area contributed by atoms with Crippen LogP contribution in [-0.2, 0) is 0 Å². The molecule has 2 unspecified atom stereocenters. The predicted molar refractivity (Wildman–Crippen MR) is 198 cm³/mol. The zero-order chi connectivity index (χ0) is 34.5. The zero-order valence-corrected chi connectivity index (χ0v) is 29.1. The van der Waals surface area contributed by atoms with Gasteiger partial charge in [0.05, 0.1) is 13.2 Å². The van der Waals surface area contributed by atoms with E-state index in [0.29, 0.717) is 58.7 Å². The summed E-state index contributed by atoms with van der Waals surface area (Å²) in [5, 5.41) is 0. The van der Waals surface area contributed by atoms with Gasteiger partial charge in [0.15, 0.2) is 11.6 Å². The Morgan fingerprint density at radius 3 is 1.27 bits per heavy atom. The average Bonchev–Trinajstić information content (AvgIpc) is 3.12. The van der Waals surface area contributed by atoms with Gasteiger partial charge < -0.3 is 20.9 Å². The van der Waals surface area contributed by atoms with Gasteiger partial charge in [-0.15, -0.1) is 0 Å². The molecule has 0 aromatic heterocycles. The van der Waals surface area contributed by atoms with Crippen LogP contribution in [0, 0.1) is 11.8 Å². The number of benzene rings is 4. The highest BCUT2D eigenvalue weighted by molar-refractivity contribution is 6.14. The Morgan fingerprint density at radius 2 is 0.938 bits per heavy atom.